The molecule has 5 aromatic rings. The Bertz CT molecular complexity index is 1700. The Labute approximate surface area is 205 Å². The Morgan fingerprint density at radius 3 is 2.56 bits per heavy atom. The van der Waals surface area contributed by atoms with Crippen molar-refractivity contribution in [2.75, 3.05) is 5.75 Å². The summed E-state index contributed by atoms with van der Waals surface area (Å²) in [6.07, 6.45) is 7.52. The maximum Gasteiger partial charge on any atom is 0.195 e. The molecule has 0 bridgehead atoms. The van der Waals surface area contributed by atoms with E-state index in [1.807, 2.05) is 6.07 Å². The first-order valence-corrected chi connectivity index (χ1v) is 12.3. The quantitative estimate of drug-likeness (QED) is 0.346. The number of fused-ring (bicyclic) bond motifs is 1. The summed E-state index contributed by atoms with van der Waals surface area (Å²) in [6, 6.07) is 11.5. The van der Waals surface area contributed by atoms with Gasteiger partial charge in [-0.3, -0.25) is 4.98 Å². The van der Waals surface area contributed by atoms with Crippen LogP contribution in [0.5, 0.6) is 23.0 Å². The minimum atomic E-state index is -3.45. The van der Waals surface area contributed by atoms with E-state index in [-0.39, 0.29) is 39.5 Å². The maximum absolute atomic E-state index is 12.1. The third-order valence-corrected chi connectivity index (χ3v) is 6.72. The van der Waals surface area contributed by atoms with Crippen LogP contribution in [0.1, 0.15) is 12.6 Å². The first-order chi connectivity index (χ1) is 17.5. The molecule has 4 heterocycles. The Morgan fingerprint density at radius 1 is 0.972 bits per heavy atom. The number of aromatic nitrogens is 6. The van der Waals surface area contributed by atoms with Gasteiger partial charge in [0.1, 0.15) is 17.5 Å². The molecule has 36 heavy (non-hydrogen) atoms. The SMILES string of the molecule is CCS(=O)(=O)c1ccc(Oc2cc3[nH]c(-c4cnccn4)nc3cc2Oc2cccnc2C#N)cn1. The van der Waals surface area contributed by atoms with Gasteiger partial charge in [-0.1, -0.05) is 6.92 Å². The lowest BCUT2D eigenvalue weighted by atomic mass is 10.2. The van der Waals surface area contributed by atoms with Gasteiger partial charge in [0.05, 0.1) is 29.2 Å². The molecule has 0 unspecified atom stereocenters. The predicted octanol–water partition coefficient (Wildman–Crippen LogP) is 4.06. The number of ether oxygens (including phenoxy) is 2. The van der Waals surface area contributed by atoms with Gasteiger partial charge in [-0.25, -0.2) is 28.4 Å². The molecule has 4 aromatic heterocycles. The van der Waals surface area contributed by atoms with Gasteiger partial charge in [0.15, 0.2) is 43.6 Å². The number of sulfone groups is 1. The van der Waals surface area contributed by atoms with Gasteiger partial charge < -0.3 is 14.5 Å². The number of hydrogen-bond donors (Lipinski definition) is 1. The van der Waals surface area contributed by atoms with Crippen molar-refractivity contribution in [3.05, 3.63) is 73.1 Å². The monoisotopic (exact) mass is 499 g/mol. The fourth-order valence-electron chi connectivity index (χ4n) is 3.28. The molecule has 0 aliphatic heterocycles. The number of nitrogens with zero attached hydrogens (tertiary/aromatic N) is 6. The number of nitrogens with one attached hydrogen (secondary N) is 1. The topological polar surface area (TPSA) is 157 Å². The largest absolute Gasteiger partial charge is 0.452 e. The third kappa shape index (κ3) is 4.55. The summed E-state index contributed by atoms with van der Waals surface area (Å²) in [7, 11) is -3.45. The average molecular weight is 500 g/mol. The molecule has 11 nitrogen and oxygen atoms in total. The molecule has 0 atom stereocenters. The van der Waals surface area contributed by atoms with E-state index < -0.39 is 9.84 Å². The minimum absolute atomic E-state index is 0.0412. The molecule has 1 aromatic carbocycles. The van der Waals surface area contributed by atoms with Crippen molar-refractivity contribution in [2.45, 2.75) is 11.9 Å². The van der Waals surface area contributed by atoms with E-state index in [0.29, 0.717) is 22.6 Å². The third-order valence-electron chi connectivity index (χ3n) is 5.09. The van der Waals surface area contributed by atoms with Crippen molar-refractivity contribution in [3.8, 4) is 40.6 Å². The zero-order valence-electron chi connectivity index (χ0n) is 18.8. The van der Waals surface area contributed by atoms with Gasteiger partial charge in [-0.2, -0.15) is 5.26 Å². The molecule has 0 saturated carbocycles. The molecule has 178 valence electrons. The van der Waals surface area contributed by atoms with Crippen molar-refractivity contribution in [1.29, 1.82) is 5.26 Å². The molecule has 0 radical (unpaired) electrons. The van der Waals surface area contributed by atoms with Crippen LogP contribution in [0.25, 0.3) is 22.6 Å². The number of nitriles is 1. The van der Waals surface area contributed by atoms with Gasteiger partial charge in [0.2, 0.25) is 0 Å². The zero-order chi connectivity index (χ0) is 25.1. The summed E-state index contributed by atoms with van der Waals surface area (Å²) in [5.74, 6) is 1.49. The van der Waals surface area contributed by atoms with Crippen LogP contribution in [0.3, 0.4) is 0 Å². The van der Waals surface area contributed by atoms with Crippen LogP contribution < -0.4 is 9.47 Å². The number of H-pyrrole nitrogens is 1. The number of rotatable bonds is 7. The summed E-state index contributed by atoms with van der Waals surface area (Å²) in [4.78, 5) is 24.1. The molecule has 5 rings (SSSR count). The molecule has 1 N–H and O–H groups in total. The van der Waals surface area contributed by atoms with Gasteiger partial charge in [0, 0.05) is 30.7 Å². The van der Waals surface area contributed by atoms with Gasteiger partial charge in [-0.15, -0.1) is 0 Å². The molecule has 0 spiro atoms. The van der Waals surface area contributed by atoms with Crippen LogP contribution in [0, 0.1) is 11.3 Å². The highest BCUT2D eigenvalue weighted by molar-refractivity contribution is 7.91. The van der Waals surface area contributed by atoms with E-state index in [1.165, 1.54) is 24.5 Å². The zero-order valence-corrected chi connectivity index (χ0v) is 19.6. The van der Waals surface area contributed by atoms with Crippen LogP contribution in [0.15, 0.2) is 72.4 Å². The van der Waals surface area contributed by atoms with E-state index in [9.17, 15) is 13.7 Å². The smallest absolute Gasteiger partial charge is 0.195 e. The fraction of sp³-hybridized carbons (Fsp3) is 0.0833. The maximum atomic E-state index is 12.1. The summed E-state index contributed by atoms with van der Waals surface area (Å²) >= 11 is 0. The number of aromatic amines is 1. The highest BCUT2D eigenvalue weighted by atomic mass is 32.2. The Kier molecular flexibility index (Phi) is 5.97. The van der Waals surface area contributed by atoms with Crippen LogP contribution in [0.4, 0.5) is 0 Å². The van der Waals surface area contributed by atoms with E-state index in [4.69, 9.17) is 9.47 Å². The molecular weight excluding hydrogens is 482 g/mol. The number of benzene rings is 1. The van der Waals surface area contributed by atoms with Crippen molar-refractivity contribution < 1.29 is 17.9 Å². The van der Waals surface area contributed by atoms with E-state index in [1.54, 1.807) is 49.8 Å². The normalized spacial score (nSPS) is 11.2. The first kappa shape index (κ1) is 22.9. The predicted molar refractivity (Wildman–Crippen MR) is 128 cm³/mol. The summed E-state index contributed by atoms with van der Waals surface area (Å²) < 4.78 is 36.2. The van der Waals surface area contributed by atoms with Crippen LogP contribution in [-0.2, 0) is 9.84 Å². The van der Waals surface area contributed by atoms with Gasteiger partial charge in [0.25, 0.3) is 0 Å². The number of pyridine rings is 2. The average Bonchev–Trinajstić information content (AvgIpc) is 3.33. The molecule has 0 fully saturated rings. The van der Waals surface area contributed by atoms with E-state index in [2.05, 4.69) is 29.9 Å². The highest BCUT2D eigenvalue weighted by Crippen LogP contribution is 2.38. The second-order valence-corrected chi connectivity index (χ2v) is 9.62. The molecular formula is C24H17N7O4S. The fourth-order valence-corrected chi connectivity index (χ4v) is 4.07. The Hall–Kier alpha value is -4.89. The summed E-state index contributed by atoms with van der Waals surface area (Å²) in [6.45, 7) is 1.55. The first-order valence-electron chi connectivity index (χ1n) is 10.7. The molecule has 0 saturated heterocycles. The van der Waals surface area contributed by atoms with Crippen LogP contribution in [-0.4, -0.2) is 44.1 Å². The van der Waals surface area contributed by atoms with E-state index >= 15 is 0 Å². The van der Waals surface area contributed by atoms with Crippen molar-refractivity contribution in [1.82, 2.24) is 29.9 Å². The lowest BCUT2D eigenvalue weighted by molar-refractivity contribution is 0.416. The minimum Gasteiger partial charge on any atom is -0.452 e. The lowest BCUT2D eigenvalue weighted by Crippen LogP contribution is -2.05. The van der Waals surface area contributed by atoms with Gasteiger partial charge >= 0.3 is 0 Å². The van der Waals surface area contributed by atoms with Crippen molar-refractivity contribution in [3.63, 3.8) is 0 Å². The van der Waals surface area contributed by atoms with Crippen molar-refractivity contribution in [2.24, 2.45) is 0 Å². The Balaban J connectivity index is 1.57. The second kappa shape index (κ2) is 9.40. The number of hydrogen-bond acceptors (Lipinski definition) is 10. The summed E-state index contributed by atoms with van der Waals surface area (Å²) in [5, 5.41) is 9.36. The van der Waals surface area contributed by atoms with Crippen molar-refractivity contribution >= 4 is 20.9 Å². The van der Waals surface area contributed by atoms with Crippen LogP contribution in [0.2, 0.25) is 0 Å². The Morgan fingerprint density at radius 2 is 1.83 bits per heavy atom. The molecule has 12 heteroatoms. The van der Waals surface area contributed by atoms with Gasteiger partial charge in [-0.05, 0) is 24.3 Å². The lowest BCUT2D eigenvalue weighted by Gasteiger charge is -2.13. The highest BCUT2D eigenvalue weighted by Gasteiger charge is 2.17. The molecule has 0 aliphatic carbocycles. The standard InChI is InChI=1S/C24H17N7O4S/c1-2-36(32,33)23-6-5-15(13-29-23)34-21-10-16-17(31-24(30-16)19-14-26-8-9-28-19)11-22(21)35-20-4-3-7-27-18(20)12-25/h3-11,13-14H,2H2,1H3,(H,30,31). The molecule has 0 amide bonds. The van der Waals surface area contributed by atoms with Crippen LogP contribution >= 0.6 is 0 Å². The second-order valence-electron chi connectivity index (χ2n) is 7.39. The number of imidazole rings is 1. The molecule has 0 aliphatic rings. The summed E-state index contributed by atoms with van der Waals surface area (Å²) in [5.41, 5.74) is 1.84. The van der Waals surface area contributed by atoms with E-state index in [0.717, 1.165) is 0 Å².